The van der Waals surface area contributed by atoms with Crippen molar-refractivity contribution >= 4 is 11.9 Å². The maximum atomic E-state index is 11.8. The van der Waals surface area contributed by atoms with E-state index in [-0.39, 0.29) is 11.3 Å². The Morgan fingerprint density at radius 2 is 1.63 bits per heavy atom. The van der Waals surface area contributed by atoms with E-state index in [0.29, 0.717) is 6.54 Å². The van der Waals surface area contributed by atoms with Crippen molar-refractivity contribution in [2.45, 2.75) is 45.4 Å². The van der Waals surface area contributed by atoms with Gasteiger partial charge < -0.3 is 10.4 Å². The number of carbonyl (C=O) groups is 2. The lowest BCUT2D eigenvalue weighted by Crippen LogP contribution is -2.51. The average molecular weight is 265 g/mol. The van der Waals surface area contributed by atoms with Crippen molar-refractivity contribution in [1.29, 1.82) is 0 Å². The van der Waals surface area contributed by atoms with E-state index in [1.54, 1.807) is 0 Å². The van der Waals surface area contributed by atoms with Gasteiger partial charge in [-0.1, -0.05) is 0 Å². The molecule has 4 aliphatic rings. The van der Waals surface area contributed by atoms with Crippen LogP contribution in [0.25, 0.3) is 0 Å². The van der Waals surface area contributed by atoms with E-state index in [9.17, 15) is 9.59 Å². The fraction of sp³-hybridized carbons (Fsp3) is 0.867. The first-order valence-electron chi connectivity index (χ1n) is 7.48. The Morgan fingerprint density at radius 1 is 1.16 bits per heavy atom. The molecule has 19 heavy (non-hydrogen) atoms. The Kier molecular flexibility index (Phi) is 3.06. The Bertz CT molecular complexity index is 369. The van der Waals surface area contributed by atoms with Gasteiger partial charge in [-0.2, -0.15) is 0 Å². The number of hydrogen-bond acceptors (Lipinski definition) is 2. The molecule has 4 fully saturated rings. The van der Waals surface area contributed by atoms with E-state index in [4.69, 9.17) is 5.11 Å². The lowest BCUT2D eigenvalue weighted by molar-refractivity contribution is -0.146. The van der Waals surface area contributed by atoms with E-state index in [1.807, 2.05) is 0 Å². The molecule has 0 aliphatic heterocycles. The van der Waals surface area contributed by atoms with E-state index in [1.165, 1.54) is 45.4 Å². The second-order valence-corrected chi connectivity index (χ2v) is 7.20. The van der Waals surface area contributed by atoms with Gasteiger partial charge in [0.05, 0.1) is 0 Å². The summed E-state index contributed by atoms with van der Waals surface area (Å²) in [5, 5.41) is 11.8. The van der Waals surface area contributed by atoms with Gasteiger partial charge in [0, 0.05) is 6.54 Å². The Balaban J connectivity index is 1.61. The zero-order chi connectivity index (χ0) is 13.6. The minimum atomic E-state index is -1.04. The molecule has 4 rings (SSSR count). The van der Waals surface area contributed by atoms with Crippen LogP contribution in [0, 0.1) is 29.1 Å². The van der Waals surface area contributed by atoms with Crippen LogP contribution < -0.4 is 5.32 Å². The minimum Gasteiger partial charge on any atom is -0.481 e. The van der Waals surface area contributed by atoms with Crippen molar-refractivity contribution in [3.63, 3.8) is 0 Å². The van der Waals surface area contributed by atoms with E-state index in [0.717, 1.165) is 17.8 Å². The van der Waals surface area contributed by atoms with Gasteiger partial charge in [-0.25, -0.2) is 0 Å². The molecule has 0 saturated heterocycles. The number of carboxylic acid groups (broad SMARTS) is 1. The van der Waals surface area contributed by atoms with Gasteiger partial charge in [-0.3, -0.25) is 9.59 Å². The van der Waals surface area contributed by atoms with Gasteiger partial charge in [0.25, 0.3) is 0 Å². The molecular weight excluding hydrogens is 242 g/mol. The number of carboxylic acids is 1. The van der Waals surface area contributed by atoms with Gasteiger partial charge in [0.1, 0.15) is 5.92 Å². The Labute approximate surface area is 113 Å². The van der Waals surface area contributed by atoms with Crippen LogP contribution in [0.1, 0.15) is 45.4 Å². The second kappa shape index (κ2) is 4.50. The Morgan fingerprint density at radius 3 is 2.05 bits per heavy atom. The summed E-state index contributed by atoms with van der Waals surface area (Å²) in [6, 6.07) is 0. The van der Waals surface area contributed by atoms with E-state index >= 15 is 0 Å². The molecule has 0 aromatic carbocycles. The predicted molar refractivity (Wildman–Crippen MR) is 70.4 cm³/mol. The topological polar surface area (TPSA) is 66.4 Å². The molecule has 4 aliphatic carbocycles. The van der Waals surface area contributed by atoms with Crippen molar-refractivity contribution < 1.29 is 14.7 Å². The Hall–Kier alpha value is -1.06. The molecule has 4 heteroatoms. The van der Waals surface area contributed by atoms with Crippen LogP contribution in [-0.2, 0) is 9.59 Å². The van der Waals surface area contributed by atoms with Crippen LogP contribution in [0.5, 0.6) is 0 Å². The van der Waals surface area contributed by atoms with Crippen LogP contribution in [0.3, 0.4) is 0 Å². The number of nitrogens with one attached hydrogen (secondary N) is 1. The lowest BCUT2D eigenvalue weighted by atomic mass is 9.49. The van der Waals surface area contributed by atoms with E-state index in [2.05, 4.69) is 5.32 Å². The number of rotatable bonds is 4. The molecule has 0 aromatic heterocycles. The lowest BCUT2D eigenvalue weighted by Gasteiger charge is -2.57. The SMILES string of the molecule is CC(C(=O)O)C(=O)NCC12CC3CC(CC(C3)C1)C2. The van der Waals surface area contributed by atoms with Crippen LogP contribution in [0.4, 0.5) is 0 Å². The van der Waals surface area contributed by atoms with Crippen molar-refractivity contribution in [3.05, 3.63) is 0 Å². The summed E-state index contributed by atoms with van der Waals surface area (Å²) in [4.78, 5) is 22.6. The third-order valence-corrected chi connectivity index (χ3v) is 5.57. The van der Waals surface area contributed by atoms with Crippen molar-refractivity contribution in [2.75, 3.05) is 6.54 Å². The smallest absolute Gasteiger partial charge is 0.315 e. The summed E-state index contributed by atoms with van der Waals surface area (Å²) in [6.07, 6.45) is 7.87. The predicted octanol–water partition coefficient (Wildman–Crippen LogP) is 2.04. The van der Waals surface area contributed by atoms with Crippen molar-refractivity contribution in [2.24, 2.45) is 29.1 Å². The number of aliphatic carboxylic acids is 1. The first-order chi connectivity index (χ1) is 8.97. The highest BCUT2D eigenvalue weighted by molar-refractivity contribution is 5.96. The highest BCUT2D eigenvalue weighted by Gasteiger charge is 2.50. The van der Waals surface area contributed by atoms with Gasteiger partial charge in [0.15, 0.2) is 0 Å². The van der Waals surface area contributed by atoms with Crippen LogP contribution in [0.15, 0.2) is 0 Å². The summed E-state index contributed by atoms with van der Waals surface area (Å²) in [6.45, 7) is 2.14. The molecule has 0 heterocycles. The molecule has 106 valence electrons. The molecule has 4 saturated carbocycles. The minimum absolute atomic E-state index is 0.280. The van der Waals surface area contributed by atoms with Gasteiger partial charge >= 0.3 is 5.97 Å². The third kappa shape index (κ3) is 2.37. The fourth-order valence-corrected chi connectivity index (χ4v) is 5.05. The molecule has 0 radical (unpaired) electrons. The van der Waals surface area contributed by atoms with Crippen LogP contribution in [-0.4, -0.2) is 23.5 Å². The van der Waals surface area contributed by atoms with Crippen molar-refractivity contribution in [1.82, 2.24) is 5.32 Å². The average Bonchev–Trinajstić information content (AvgIpc) is 2.33. The number of hydrogen-bond donors (Lipinski definition) is 2. The molecule has 4 bridgehead atoms. The normalized spacial score (nSPS) is 41.0. The van der Waals surface area contributed by atoms with Crippen LogP contribution >= 0.6 is 0 Å². The first-order valence-corrected chi connectivity index (χ1v) is 7.48. The van der Waals surface area contributed by atoms with Gasteiger partial charge in [-0.05, 0) is 68.6 Å². The molecule has 0 aromatic rings. The number of carbonyl (C=O) groups excluding carboxylic acids is 1. The number of amides is 1. The molecule has 1 unspecified atom stereocenters. The summed E-state index contributed by atoms with van der Waals surface area (Å²) in [5.74, 6) is 0.278. The van der Waals surface area contributed by atoms with Gasteiger partial charge in [0.2, 0.25) is 5.91 Å². The molecule has 1 amide bonds. The zero-order valence-electron chi connectivity index (χ0n) is 11.5. The zero-order valence-corrected chi connectivity index (χ0v) is 11.5. The standard InChI is InChI=1S/C15H23NO3/c1-9(14(18)19)13(17)16-8-15-5-10-2-11(6-15)4-12(3-10)7-15/h9-12H,2-8H2,1H3,(H,16,17)(H,18,19). The summed E-state index contributed by atoms with van der Waals surface area (Å²) in [5.41, 5.74) is 0.280. The molecule has 2 N–H and O–H groups in total. The fourth-order valence-electron chi connectivity index (χ4n) is 5.05. The maximum Gasteiger partial charge on any atom is 0.315 e. The monoisotopic (exact) mass is 265 g/mol. The van der Waals surface area contributed by atoms with E-state index < -0.39 is 11.9 Å². The highest BCUT2D eigenvalue weighted by Crippen LogP contribution is 2.59. The third-order valence-electron chi connectivity index (χ3n) is 5.57. The first kappa shape index (κ1) is 12.9. The molecule has 1 atom stereocenters. The highest BCUT2D eigenvalue weighted by atomic mass is 16.4. The quantitative estimate of drug-likeness (QED) is 0.764. The van der Waals surface area contributed by atoms with Gasteiger partial charge in [-0.15, -0.1) is 0 Å². The molecule has 0 spiro atoms. The largest absolute Gasteiger partial charge is 0.481 e. The van der Waals surface area contributed by atoms with Crippen molar-refractivity contribution in [3.8, 4) is 0 Å². The second-order valence-electron chi connectivity index (χ2n) is 7.20. The maximum absolute atomic E-state index is 11.8. The summed E-state index contributed by atoms with van der Waals surface area (Å²) < 4.78 is 0. The molecular formula is C15H23NO3. The summed E-state index contributed by atoms with van der Waals surface area (Å²) in [7, 11) is 0. The molecule has 4 nitrogen and oxygen atoms in total. The van der Waals surface area contributed by atoms with Crippen LogP contribution in [0.2, 0.25) is 0 Å². The summed E-state index contributed by atoms with van der Waals surface area (Å²) >= 11 is 0.